The molecular weight excluding hydrogens is 295 g/mol. The first-order valence-electron chi connectivity index (χ1n) is 7.61. The summed E-state index contributed by atoms with van der Waals surface area (Å²) in [4.78, 5) is 14.6. The maximum atomic E-state index is 13.2. The number of methoxy groups -OCH3 is 1. The van der Waals surface area contributed by atoms with E-state index < -0.39 is 0 Å². The first-order chi connectivity index (χ1) is 11.2. The average Bonchev–Trinajstić information content (AvgIpc) is 2.58. The van der Waals surface area contributed by atoms with Gasteiger partial charge in [0.1, 0.15) is 12.0 Å². The number of fused-ring (bicyclic) bond motifs is 1. The van der Waals surface area contributed by atoms with Gasteiger partial charge in [-0.2, -0.15) is 0 Å². The van der Waals surface area contributed by atoms with E-state index in [1.807, 2.05) is 24.3 Å². The van der Waals surface area contributed by atoms with E-state index in [4.69, 9.17) is 4.74 Å². The first-order valence-corrected chi connectivity index (χ1v) is 7.61. The Kier molecular flexibility index (Phi) is 4.57. The first kappa shape index (κ1) is 15.5. The summed E-state index contributed by atoms with van der Waals surface area (Å²) in [5.41, 5.74) is 2.31. The third kappa shape index (κ3) is 3.19. The van der Waals surface area contributed by atoms with Gasteiger partial charge in [-0.3, -0.25) is 4.79 Å². The predicted molar refractivity (Wildman–Crippen MR) is 86.7 cm³/mol. The van der Waals surface area contributed by atoms with Gasteiger partial charge in [-0.15, -0.1) is 0 Å². The van der Waals surface area contributed by atoms with Crippen LogP contribution in [-0.4, -0.2) is 31.1 Å². The van der Waals surface area contributed by atoms with Crippen molar-refractivity contribution in [3.8, 4) is 0 Å². The topological polar surface area (TPSA) is 41.6 Å². The molecule has 1 aliphatic rings. The summed E-state index contributed by atoms with van der Waals surface area (Å²) in [6.07, 6.45) is 0.430. The molecule has 0 spiro atoms. The molecule has 4 nitrogen and oxygen atoms in total. The van der Waals surface area contributed by atoms with Gasteiger partial charge in [-0.05, 0) is 36.2 Å². The summed E-state index contributed by atoms with van der Waals surface area (Å²) in [5, 5.41) is 3.38. The lowest BCUT2D eigenvalue weighted by Crippen LogP contribution is -2.43. The normalized spacial score (nSPS) is 16.9. The van der Waals surface area contributed by atoms with E-state index in [-0.39, 0.29) is 17.9 Å². The highest BCUT2D eigenvalue weighted by atomic mass is 19.1. The third-order valence-corrected chi connectivity index (χ3v) is 3.96. The van der Waals surface area contributed by atoms with E-state index >= 15 is 0 Å². The number of rotatable bonds is 5. The molecule has 1 heterocycles. The Hall–Kier alpha value is -2.40. The van der Waals surface area contributed by atoms with Gasteiger partial charge in [-0.1, -0.05) is 24.3 Å². The number of hydrogen-bond acceptors (Lipinski definition) is 3. The SMILES string of the molecule is COCCCN1C(=O)c2ccccc2NC1c1ccc(F)cc1. The van der Waals surface area contributed by atoms with Crippen LogP contribution in [0, 0.1) is 5.82 Å². The number of amides is 1. The molecule has 3 rings (SSSR count). The maximum Gasteiger partial charge on any atom is 0.257 e. The van der Waals surface area contributed by atoms with Gasteiger partial charge in [0.2, 0.25) is 0 Å². The van der Waals surface area contributed by atoms with Crippen LogP contribution in [0.1, 0.15) is 28.5 Å². The Bertz CT molecular complexity index is 688. The number of ether oxygens (including phenoxy) is 1. The van der Waals surface area contributed by atoms with Crippen LogP contribution in [0.3, 0.4) is 0 Å². The van der Waals surface area contributed by atoms with Crippen molar-refractivity contribution in [2.75, 3.05) is 25.6 Å². The monoisotopic (exact) mass is 314 g/mol. The van der Waals surface area contributed by atoms with Crippen molar-refractivity contribution < 1.29 is 13.9 Å². The molecule has 0 radical (unpaired) electrons. The largest absolute Gasteiger partial charge is 0.385 e. The molecule has 2 aromatic carbocycles. The van der Waals surface area contributed by atoms with Gasteiger partial charge in [0.05, 0.1) is 5.56 Å². The number of benzene rings is 2. The number of halogens is 1. The second-order valence-corrected chi connectivity index (χ2v) is 5.49. The van der Waals surface area contributed by atoms with Gasteiger partial charge in [-0.25, -0.2) is 4.39 Å². The molecule has 0 bridgehead atoms. The van der Waals surface area contributed by atoms with Crippen LogP contribution in [-0.2, 0) is 4.74 Å². The van der Waals surface area contributed by atoms with Crippen molar-refractivity contribution in [1.29, 1.82) is 0 Å². The molecular formula is C18H19FN2O2. The summed E-state index contributed by atoms with van der Waals surface area (Å²) in [7, 11) is 1.64. The van der Waals surface area contributed by atoms with Crippen molar-refractivity contribution >= 4 is 11.6 Å². The number of nitrogens with zero attached hydrogens (tertiary/aromatic N) is 1. The maximum absolute atomic E-state index is 13.2. The van der Waals surface area contributed by atoms with Crippen molar-refractivity contribution in [3.05, 3.63) is 65.5 Å². The Morgan fingerprint density at radius 3 is 2.65 bits per heavy atom. The Balaban J connectivity index is 1.94. The van der Waals surface area contributed by atoms with Gasteiger partial charge >= 0.3 is 0 Å². The van der Waals surface area contributed by atoms with Crippen LogP contribution in [0.25, 0.3) is 0 Å². The smallest absolute Gasteiger partial charge is 0.257 e. The van der Waals surface area contributed by atoms with Crippen molar-refractivity contribution in [2.24, 2.45) is 0 Å². The van der Waals surface area contributed by atoms with E-state index in [0.29, 0.717) is 18.7 Å². The molecule has 0 fully saturated rings. The Morgan fingerprint density at radius 1 is 1.17 bits per heavy atom. The highest BCUT2D eigenvalue weighted by molar-refractivity contribution is 6.01. The van der Waals surface area contributed by atoms with Crippen LogP contribution < -0.4 is 5.32 Å². The fourth-order valence-electron chi connectivity index (χ4n) is 2.81. The van der Waals surface area contributed by atoms with Crippen LogP contribution in [0.2, 0.25) is 0 Å². The molecule has 5 heteroatoms. The lowest BCUT2D eigenvalue weighted by molar-refractivity contribution is 0.0660. The molecule has 1 unspecified atom stereocenters. The number of anilines is 1. The lowest BCUT2D eigenvalue weighted by atomic mass is 10.0. The van der Waals surface area contributed by atoms with Gasteiger partial charge in [0, 0.05) is 25.9 Å². The van der Waals surface area contributed by atoms with Crippen LogP contribution in [0.5, 0.6) is 0 Å². The van der Waals surface area contributed by atoms with Gasteiger partial charge in [0.15, 0.2) is 0 Å². The van der Waals surface area contributed by atoms with Crippen LogP contribution in [0.4, 0.5) is 10.1 Å². The second-order valence-electron chi connectivity index (χ2n) is 5.49. The highest BCUT2D eigenvalue weighted by Crippen LogP contribution is 2.33. The number of hydrogen-bond donors (Lipinski definition) is 1. The minimum Gasteiger partial charge on any atom is -0.385 e. The van der Waals surface area contributed by atoms with Gasteiger partial charge in [0.25, 0.3) is 5.91 Å². The fourth-order valence-corrected chi connectivity index (χ4v) is 2.81. The second kappa shape index (κ2) is 6.79. The average molecular weight is 314 g/mol. The molecule has 2 aromatic rings. The minimum absolute atomic E-state index is 0.0234. The molecule has 0 aliphatic carbocycles. The van der Waals surface area contributed by atoms with E-state index in [2.05, 4.69) is 5.32 Å². The Labute approximate surface area is 134 Å². The van der Waals surface area contributed by atoms with E-state index in [9.17, 15) is 9.18 Å². The van der Waals surface area contributed by atoms with Crippen LogP contribution in [0.15, 0.2) is 48.5 Å². The minimum atomic E-state index is -0.310. The van der Waals surface area contributed by atoms with Gasteiger partial charge < -0.3 is 15.0 Å². The molecule has 0 saturated carbocycles. The summed E-state index contributed by atoms with van der Waals surface area (Å²) in [6, 6.07) is 13.7. The highest BCUT2D eigenvalue weighted by Gasteiger charge is 2.32. The number of nitrogens with one attached hydrogen (secondary N) is 1. The zero-order valence-corrected chi connectivity index (χ0v) is 13.0. The summed E-state index contributed by atoms with van der Waals surface area (Å²) >= 11 is 0. The molecule has 1 N–H and O–H groups in total. The lowest BCUT2D eigenvalue weighted by Gasteiger charge is -2.38. The third-order valence-electron chi connectivity index (χ3n) is 3.96. The summed E-state index contributed by atoms with van der Waals surface area (Å²) < 4.78 is 18.3. The number of para-hydroxylation sites is 1. The zero-order valence-electron chi connectivity index (χ0n) is 13.0. The number of carbonyl (C=O) groups is 1. The standard InChI is InChI=1S/C18H19FN2O2/c1-23-12-4-11-21-17(13-7-9-14(19)10-8-13)20-16-6-3-2-5-15(16)18(21)22/h2-3,5-10,17,20H,4,11-12H2,1H3. The van der Waals surface area contributed by atoms with E-state index in [0.717, 1.165) is 17.7 Å². The molecule has 1 atom stereocenters. The number of carbonyl (C=O) groups excluding carboxylic acids is 1. The summed E-state index contributed by atoms with van der Waals surface area (Å²) in [5.74, 6) is -0.313. The quantitative estimate of drug-likeness (QED) is 0.860. The Morgan fingerprint density at radius 2 is 1.91 bits per heavy atom. The predicted octanol–water partition coefficient (Wildman–Crippen LogP) is 3.43. The van der Waals surface area contributed by atoms with Crippen LogP contribution >= 0.6 is 0 Å². The molecule has 0 saturated heterocycles. The summed E-state index contributed by atoms with van der Waals surface area (Å²) in [6.45, 7) is 1.15. The zero-order chi connectivity index (χ0) is 16.2. The van der Waals surface area contributed by atoms with Crippen molar-refractivity contribution in [3.63, 3.8) is 0 Å². The van der Waals surface area contributed by atoms with Crippen molar-refractivity contribution in [1.82, 2.24) is 4.90 Å². The molecule has 23 heavy (non-hydrogen) atoms. The molecule has 1 amide bonds. The van der Waals surface area contributed by atoms with E-state index in [1.165, 1.54) is 12.1 Å². The molecule has 1 aliphatic heterocycles. The van der Waals surface area contributed by atoms with Crippen molar-refractivity contribution in [2.45, 2.75) is 12.6 Å². The fraction of sp³-hybridized carbons (Fsp3) is 0.278. The van der Waals surface area contributed by atoms with E-state index in [1.54, 1.807) is 24.1 Å². The molecule has 0 aromatic heterocycles. The molecule has 120 valence electrons.